The third kappa shape index (κ3) is 5.89. The summed E-state index contributed by atoms with van der Waals surface area (Å²) in [4.78, 5) is 24.1. The average Bonchev–Trinajstić information content (AvgIpc) is 2.36. The summed E-state index contributed by atoms with van der Waals surface area (Å²) in [6.07, 6.45) is -0.502. The summed E-state index contributed by atoms with van der Waals surface area (Å²) in [5, 5.41) is 11.5. The monoisotopic (exact) mass is 274 g/mol. The van der Waals surface area contributed by atoms with Crippen molar-refractivity contribution in [1.29, 1.82) is 0 Å². The minimum atomic E-state index is -0.916. The molecule has 0 radical (unpaired) electrons. The van der Waals surface area contributed by atoms with Crippen LogP contribution in [0.1, 0.15) is 13.3 Å². The number of nitrogens with zero attached hydrogens (tertiary/aromatic N) is 1. The van der Waals surface area contributed by atoms with E-state index in [0.29, 0.717) is 32.8 Å². The van der Waals surface area contributed by atoms with Gasteiger partial charge in [0.25, 0.3) is 0 Å². The van der Waals surface area contributed by atoms with Gasteiger partial charge < -0.3 is 24.8 Å². The first-order valence-corrected chi connectivity index (χ1v) is 6.38. The van der Waals surface area contributed by atoms with Gasteiger partial charge >= 0.3 is 12.0 Å². The summed E-state index contributed by atoms with van der Waals surface area (Å²) < 4.78 is 10.3. The largest absolute Gasteiger partial charge is 0.481 e. The molecule has 1 aliphatic heterocycles. The van der Waals surface area contributed by atoms with Gasteiger partial charge in [-0.15, -0.1) is 0 Å². The number of carbonyl (C=O) groups is 2. The first kappa shape index (κ1) is 15.7. The molecular weight excluding hydrogens is 252 g/mol. The van der Waals surface area contributed by atoms with Crippen LogP contribution in [0.2, 0.25) is 0 Å². The third-order valence-corrected chi connectivity index (χ3v) is 2.88. The number of amides is 2. The zero-order valence-electron chi connectivity index (χ0n) is 11.4. The minimum absolute atomic E-state index is 0.0795. The fourth-order valence-corrected chi connectivity index (χ4v) is 1.94. The van der Waals surface area contributed by atoms with Gasteiger partial charge in [0.05, 0.1) is 25.7 Å². The second-order valence-electron chi connectivity index (χ2n) is 4.78. The second kappa shape index (κ2) is 7.96. The van der Waals surface area contributed by atoms with E-state index in [-0.39, 0.29) is 18.4 Å². The summed E-state index contributed by atoms with van der Waals surface area (Å²) in [6.45, 7) is 4.28. The van der Waals surface area contributed by atoms with Gasteiger partial charge in [-0.2, -0.15) is 0 Å². The number of hydrogen-bond acceptors (Lipinski definition) is 4. The lowest BCUT2D eigenvalue weighted by molar-refractivity contribution is -0.141. The van der Waals surface area contributed by atoms with Gasteiger partial charge in [-0.3, -0.25) is 4.79 Å². The summed E-state index contributed by atoms with van der Waals surface area (Å²) in [7, 11) is 1.62. The molecule has 0 aromatic rings. The van der Waals surface area contributed by atoms with E-state index in [0.717, 1.165) is 0 Å². The second-order valence-corrected chi connectivity index (χ2v) is 4.78. The highest BCUT2D eigenvalue weighted by atomic mass is 16.5. The molecule has 7 nitrogen and oxygen atoms in total. The Labute approximate surface area is 112 Å². The number of rotatable bonds is 6. The van der Waals surface area contributed by atoms with Crippen molar-refractivity contribution in [2.24, 2.45) is 5.92 Å². The molecule has 1 saturated heterocycles. The first-order valence-electron chi connectivity index (χ1n) is 6.38. The van der Waals surface area contributed by atoms with Crippen molar-refractivity contribution in [3.8, 4) is 0 Å². The highest BCUT2D eigenvalue weighted by Gasteiger charge is 2.25. The lowest BCUT2D eigenvalue weighted by Crippen LogP contribution is -2.50. The Bertz CT molecular complexity index is 310. The molecular formula is C12H22N2O5. The highest BCUT2D eigenvalue weighted by Crippen LogP contribution is 2.09. The van der Waals surface area contributed by atoms with Crippen molar-refractivity contribution in [1.82, 2.24) is 10.2 Å². The van der Waals surface area contributed by atoms with Crippen molar-refractivity contribution >= 4 is 12.0 Å². The molecule has 2 unspecified atom stereocenters. The van der Waals surface area contributed by atoms with E-state index >= 15 is 0 Å². The molecule has 0 spiro atoms. The van der Waals surface area contributed by atoms with Crippen LogP contribution in [0.4, 0.5) is 4.79 Å². The van der Waals surface area contributed by atoms with E-state index in [1.165, 1.54) is 0 Å². The number of aliphatic carboxylic acids is 1. The van der Waals surface area contributed by atoms with Crippen molar-refractivity contribution in [3.63, 3.8) is 0 Å². The number of carbonyl (C=O) groups excluding carboxylic acids is 1. The minimum Gasteiger partial charge on any atom is -0.481 e. The number of nitrogens with one attached hydrogen (secondary N) is 1. The number of carboxylic acids is 1. The van der Waals surface area contributed by atoms with Gasteiger partial charge in [0, 0.05) is 26.7 Å². The molecule has 7 heteroatoms. The Hall–Kier alpha value is -1.34. The van der Waals surface area contributed by atoms with Gasteiger partial charge in [-0.1, -0.05) is 6.92 Å². The molecule has 1 heterocycles. The lowest BCUT2D eigenvalue weighted by atomic mass is 10.2. The number of urea groups is 1. The van der Waals surface area contributed by atoms with Crippen LogP contribution in [0.25, 0.3) is 0 Å². The summed E-state index contributed by atoms with van der Waals surface area (Å²) in [5.74, 6) is -0.675. The Kier molecular flexibility index (Phi) is 6.58. The third-order valence-electron chi connectivity index (χ3n) is 2.88. The van der Waals surface area contributed by atoms with Crippen molar-refractivity contribution in [3.05, 3.63) is 0 Å². The van der Waals surface area contributed by atoms with Gasteiger partial charge in [-0.05, 0) is 5.92 Å². The summed E-state index contributed by atoms with van der Waals surface area (Å²) in [6, 6.07) is -0.179. The quantitative estimate of drug-likeness (QED) is 0.720. The molecule has 2 amide bonds. The van der Waals surface area contributed by atoms with E-state index in [2.05, 4.69) is 5.32 Å². The predicted octanol–water partition coefficient (Wildman–Crippen LogP) is 0.154. The van der Waals surface area contributed by atoms with Crippen LogP contribution in [-0.4, -0.2) is 68.1 Å². The maximum absolute atomic E-state index is 11.9. The number of ether oxygens (including phenoxy) is 2. The Balaban J connectivity index is 2.33. The molecule has 0 aromatic heterocycles. The number of hydrogen-bond donors (Lipinski definition) is 2. The van der Waals surface area contributed by atoms with Crippen LogP contribution < -0.4 is 5.32 Å². The maximum Gasteiger partial charge on any atom is 0.317 e. The Morgan fingerprint density at radius 2 is 2.32 bits per heavy atom. The van der Waals surface area contributed by atoms with E-state index in [1.54, 1.807) is 12.0 Å². The van der Waals surface area contributed by atoms with Crippen LogP contribution in [0, 0.1) is 5.92 Å². The van der Waals surface area contributed by atoms with Gasteiger partial charge in [-0.25, -0.2) is 4.79 Å². The van der Waals surface area contributed by atoms with Crippen LogP contribution in [0.3, 0.4) is 0 Å². The molecule has 1 rings (SSSR count). The Morgan fingerprint density at radius 3 is 2.95 bits per heavy atom. The van der Waals surface area contributed by atoms with Crippen LogP contribution >= 0.6 is 0 Å². The van der Waals surface area contributed by atoms with Gasteiger partial charge in [0.15, 0.2) is 0 Å². The summed E-state index contributed by atoms with van der Waals surface area (Å²) >= 11 is 0. The number of carboxylic acid groups (broad SMARTS) is 1. The lowest BCUT2D eigenvalue weighted by Gasteiger charge is -2.32. The molecule has 2 atom stereocenters. The SMILES string of the molecule is COCC(C)CNC(=O)N1CCOC(CC(=O)O)C1. The molecule has 0 aliphatic carbocycles. The predicted molar refractivity (Wildman–Crippen MR) is 68.0 cm³/mol. The van der Waals surface area contributed by atoms with Crippen LogP contribution in [0.15, 0.2) is 0 Å². The van der Waals surface area contributed by atoms with E-state index < -0.39 is 12.1 Å². The smallest absolute Gasteiger partial charge is 0.317 e. The van der Waals surface area contributed by atoms with Crippen molar-refractivity contribution < 1.29 is 24.2 Å². The van der Waals surface area contributed by atoms with Gasteiger partial charge in [0.2, 0.25) is 0 Å². The van der Waals surface area contributed by atoms with E-state index in [1.807, 2.05) is 6.92 Å². The molecule has 0 bridgehead atoms. The fraction of sp³-hybridized carbons (Fsp3) is 0.833. The average molecular weight is 274 g/mol. The Morgan fingerprint density at radius 1 is 1.58 bits per heavy atom. The van der Waals surface area contributed by atoms with Gasteiger partial charge in [0.1, 0.15) is 0 Å². The molecule has 1 fully saturated rings. The highest BCUT2D eigenvalue weighted by molar-refractivity contribution is 5.74. The molecule has 0 aromatic carbocycles. The van der Waals surface area contributed by atoms with Crippen molar-refractivity contribution in [2.45, 2.75) is 19.4 Å². The fourth-order valence-electron chi connectivity index (χ4n) is 1.94. The molecule has 0 saturated carbocycles. The number of methoxy groups -OCH3 is 1. The summed E-state index contributed by atoms with van der Waals surface area (Å²) in [5.41, 5.74) is 0. The van der Waals surface area contributed by atoms with E-state index in [4.69, 9.17) is 14.6 Å². The van der Waals surface area contributed by atoms with E-state index in [9.17, 15) is 9.59 Å². The molecule has 2 N–H and O–H groups in total. The molecule has 19 heavy (non-hydrogen) atoms. The normalized spacial score (nSPS) is 20.9. The van der Waals surface area contributed by atoms with Crippen LogP contribution in [0.5, 0.6) is 0 Å². The topological polar surface area (TPSA) is 88.1 Å². The zero-order chi connectivity index (χ0) is 14.3. The van der Waals surface area contributed by atoms with Crippen LogP contribution in [-0.2, 0) is 14.3 Å². The standard InChI is InChI=1S/C12H22N2O5/c1-9(8-18-2)6-13-12(17)14-3-4-19-10(7-14)5-11(15)16/h9-10H,3-8H2,1-2H3,(H,13,17)(H,15,16). The first-order chi connectivity index (χ1) is 9.02. The molecule has 110 valence electrons. The van der Waals surface area contributed by atoms with Crippen molar-refractivity contribution in [2.75, 3.05) is 40.0 Å². The molecule has 1 aliphatic rings. The zero-order valence-corrected chi connectivity index (χ0v) is 11.4. The number of morpholine rings is 1. The maximum atomic E-state index is 11.9.